The summed E-state index contributed by atoms with van der Waals surface area (Å²) < 4.78 is 17.4. The van der Waals surface area contributed by atoms with Crippen LogP contribution in [0, 0.1) is 0 Å². The molecule has 0 amide bonds. The molecule has 0 aromatic heterocycles. The molecule has 0 radical (unpaired) electrons. The monoisotopic (exact) mass is 216 g/mol. The van der Waals surface area contributed by atoms with Crippen molar-refractivity contribution >= 4 is 11.8 Å². The third-order valence-corrected chi connectivity index (χ3v) is 1.66. The summed E-state index contributed by atoms with van der Waals surface area (Å²) in [6, 6.07) is 0. The largest absolute Gasteiger partial charge is 0.469 e. The molecule has 4 nitrogen and oxygen atoms in total. The Kier molecular flexibility index (Phi) is 7.23. The van der Waals surface area contributed by atoms with Gasteiger partial charge in [-0.05, 0) is 19.8 Å². The quantitative estimate of drug-likeness (QED) is 0.317. The Balaban J connectivity index is 3.67. The number of hydrogen-bond donors (Lipinski definition) is 1. The summed E-state index contributed by atoms with van der Waals surface area (Å²) in [6.07, 6.45) is 2.79. The van der Waals surface area contributed by atoms with Gasteiger partial charge in [-0.15, -0.1) is 0 Å². The minimum absolute atomic E-state index is 0.0272. The first-order chi connectivity index (χ1) is 7.06. The van der Waals surface area contributed by atoms with Gasteiger partial charge in [0.15, 0.2) is 0 Å². The Morgan fingerprint density at radius 1 is 1.60 bits per heavy atom. The van der Waals surface area contributed by atoms with Gasteiger partial charge in [-0.25, -0.2) is 4.39 Å². The molecule has 0 saturated heterocycles. The van der Waals surface area contributed by atoms with E-state index in [-0.39, 0.29) is 18.3 Å². The second-order valence-corrected chi connectivity index (χ2v) is 3.08. The van der Waals surface area contributed by atoms with E-state index in [0.717, 1.165) is 0 Å². The van der Waals surface area contributed by atoms with Gasteiger partial charge in [-0.3, -0.25) is 9.79 Å². The van der Waals surface area contributed by atoms with Crippen LogP contribution in [0.1, 0.15) is 26.2 Å². The van der Waals surface area contributed by atoms with E-state index in [1.807, 2.05) is 0 Å². The standard InChI is InChI=1S/C10H17FN2O2/c1-8(12)13-7-9(11)5-3-4-6-10(14)15-2/h5H,3-4,6-7H2,1-2H3,(H2,12,13)/b9-5+. The molecule has 0 aliphatic rings. The average molecular weight is 216 g/mol. The third kappa shape index (κ3) is 8.93. The lowest BCUT2D eigenvalue weighted by atomic mass is 10.2. The van der Waals surface area contributed by atoms with Crippen LogP contribution in [0.5, 0.6) is 0 Å². The second-order valence-electron chi connectivity index (χ2n) is 3.08. The zero-order valence-electron chi connectivity index (χ0n) is 9.12. The molecule has 0 aromatic carbocycles. The molecule has 5 heteroatoms. The zero-order chi connectivity index (χ0) is 11.7. The van der Waals surface area contributed by atoms with Crippen molar-refractivity contribution in [2.24, 2.45) is 10.7 Å². The van der Waals surface area contributed by atoms with Crippen molar-refractivity contribution in [1.82, 2.24) is 0 Å². The summed E-state index contributed by atoms with van der Waals surface area (Å²) in [5, 5.41) is 0. The van der Waals surface area contributed by atoms with Gasteiger partial charge < -0.3 is 10.5 Å². The minimum atomic E-state index is -0.329. The predicted octanol–water partition coefficient (Wildman–Crippen LogP) is 1.56. The number of carbonyl (C=O) groups is 1. The van der Waals surface area contributed by atoms with Crippen LogP contribution < -0.4 is 5.73 Å². The molecule has 0 fully saturated rings. The van der Waals surface area contributed by atoms with Crippen LogP contribution in [0.3, 0.4) is 0 Å². The fraction of sp³-hybridized carbons (Fsp3) is 0.600. The number of rotatable bonds is 6. The topological polar surface area (TPSA) is 64.7 Å². The number of aliphatic imine (C=N–C) groups is 1. The number of unbranched alkanes of at least 4 members (excludes halogenated alkanes) is 1. The number of esters is 1. The molecule has 0 unspecified atom stereocenters. The van der Waals surface area contributed by atoms with Crippen molar-refractivity contribution in [1.29, 1.82) is 0 Å². The summed E-state index contributed by atoms with van der Waals surface area (Å²) >= 11 is 0. The van der Waals surface area contributed by atoms with Crippen molar-refractivity contribution in [3.05, 3.63) is 11.9 Å². The lowest BCUT2D eigenvalue weighted by Gasteiger charge is -1.96. The summed E-state index contributed by atoms with van der Waals surface area (Å²) in [6.45, 7) is 1.57. The lowest BCUT2D eigenvalue weighted by molar-refractivity contribution is -0.140. The van der Waals surface area contributed by atoms with Crippen LogP contribution in [0.25, 0.3) is 0 Å². The van der Waals surface area contributed by atoms with Crippen LogP contribution in [0.4, 0.5) is 4.39 Å². The van der Waals surface area contributed by atoms with E-state index in [1.165, 1.54) is 13.2 Å². The Morgan fingerprint density at radius 3 is 2.80 bits per heavy atom. The normalized spacial score (nSPS) is 12.7. The zero-order valence-corrected chi connectivity index (χ0v) is 9.12. The van der Waals surface area contributed by atoms with Gasteiger partial charge in [-0.1, -0.05) is 6.08 Å². The summed E-state index contributed by atoms with van der Waals surface area (Å²) in [4.78, 5) is 14.4. The molecule has 15 heavy (non-hydrogen) atoms. The van der Waals surface area contributed by atoms with Crippen molar-refractivity contribution in [2.75, 3.05) is 13.7 Å². The van der Waals surface area contributed by atoms with Gasteiger partial charge in [0, 0.05) is 6.42 Å². The summed E-state index contributed by atoms with van der Waals surface area (Å²) in [7, 11) is 1.33. The number of amidine groups is 1. The Hall–Kier alpha value is -1.39. The van der Waals surface area contributed by atoms with Crippen LogP contribution in [0.2, 0.25) is 0 Å². The van der Waals surface area contributed by atoms with Crippen LogP contribution in [0.15, 0.2) is 16.9 Å². The molecule has 0 aromatic rings. The van der Waals surface area contributed by atoms with E-state index >= 15 is 0 Å². The van der Waals surface area contributed by atoms with Gasteiger partial charge in [0.2, 0.25) is 0 Å². The third-order valence-electron chi connectivity index (χ3n) is 1.66. The van der Waals surface area contributed by atoms with Crippen LogP contribution in [-0.2, 0) is 9.53 Å². The predicted molar refractivity (Wildman–Crippen MR) is 57.2 cm³/mol. The lowest BCUT2D eigenvalue weighted by Crippen LogP contribution is -2.06. The highest BCUT2D eigenvalue weighted by molar-refractivity contribution is 5.77. The highest BCUT2D eigenvalue weighted by atomic mass is 19.1. The molecular weight excluding hydrogens is 199 g/mol. The highest BCUT2D eigenvalue weighted by Crippen LogP contribution is 2.04. The van der Waals surface area contributed by atoms with E-state index < -0.39 is 0 Å². The average Bonchev–Trinajstić information content (AvgIpc) is 2.21. The fourth-order valence-corrected chi connectivity index (χ4v) is 0.872. The van der Waals surface area contributed by atoms with Crippen molar-refractivity contribution in [2.45, 2.75) is 26.2 Å². The smallest absolute Gasteiger partial charge is 0.305 e. The number of nitrogens with two attached hydrogens (primary N) is 1. The Labute approximate surface area is 89.0 Å². The van der Waals surface area contributed by atoms with Crippen molar-refractivity contribution < 1.29 is 13.9 Å². The van der Waals surface area contributed by atoms with Gasteiger partial charge >= 0.3 is 5.97 Å². The maximum Gasteiger partial charge on any atom is 0.305 e. The molecule has 0 atom stereocenters. The van der Waals surface area contributed by atoms with Gasteiger partial charge in [-0.2, -0.15) is 0 Å². The van der Waals surface area contributed by atoms with E-state index in [1.54, 1.807) is 6.92 Å². The maximum atomic E-state index is 13.0. The number of allylic oxidation sites excluding steroid dienone is 1. The number of methoxy groups -OCH3 is 1. The van der Waals surface area contributed by atoms with Crippen LogP contribution >= 0.6 is 0 Å². The van der Waals surface area contributed by atoms with E-state index in [4.69, 9.17) is 5.73 Å². The number of halogens is 1. The molecule has 2 N–H and O–H groups in total. The Morgan fingerprint density at radius 2 is 2.27 bits per heavy atom. The minimum Gasteiger partial charge on any atom is -0.469 e. The number of hydrogen-bond acceptors (Lipinski definition) is 3. The number of carbonyl (C=O) groups excluding carboxylic acids is 1. The molecule has 0 rings (SSSR count). The van der Waals surface area contributed by atoms with Crippen molar-refractivity contribution in [3.8, 4) is 0 Å². The number of ether oxygens (including phenoxy) is 1. The molecule has 0 bridgehead atoms. The first kappa shape index (κ1) is 13.6. The number of nitrogens with zero attached hydrogens (tertiary/aromatic N) is 1. The molecule has 86 valence electrons. The molecule has 0 heterocycles. The second kappa shape index (κ2) is 7.96. The summed E-state index contributed by atoms with van der Waals surface area (Å²) in [5.74, 6) is -0.252. The fourth-order valence-electron chi connectivity index (χ4n) is 0.872. The van der Waals surface area contributed by atoms with E-state index in [2.05, 4.69) is 9.73 Å². The summed E-state index contributed by atoms with van der Waals surface area (Å²) in [5.41, 5.74) is 5.25. The molecular formula is C10H17FN2O2. The first-order valence-electron chi connectivity index (χ1n) is 4.74. The first-order valence-corrected chi connectivity index (χ1v) is 4.74. The van der Waals surface area contributed by atoms with Gasteiger partial charge in [0.1, 0.15) is 5.83 Å². The van der Waals surface area contributed by atoms with Crippen LogP contribution in [-0.4, -0.2) is 25.5 Å². The Bertz CT molecular complexity index is 258. The molecule has 0 aliphatic carbocycles. The van der Waals surface area contributed by atoms with Gasteiger partial charge in [0.25, 0.3) is 0 Å². The van der Waals surface area contributed by atoms with Gasteiger partial charge in [0.05, 0.1) is 19.5 Å². The van der Waals surface area contributed by atoms with Crippen molar-refractivity contribution in [3.63, 3.8) is 0 Å². The molecule has 0 aliphatic heterocycles. The maximum absolute atomic E-state index is 13.0. The SMILES string of the molecule is COC(=O)CCC/C=C(/F)CN=C(C)N. The van der Waals surface area contributed by atoms with E-state index in [9.17, 15) is 9.18 Å². The molecule has 0 saturated carbocycles. The van der Waals surface area contributed by atoms with E-state index in [0.29, 0.717) is 25.1 Å². The highest BCUT2D eigenvalue weighted by Gasteiger charge is 1.98. The molecule has 0 spiro atoms.